The van der Waals surface area contributed by atoms with Crippen molar-refractivity contribution in [1.29, 1.82) is 0 Å². The quantitative estimate of drug-likeness (QED) is 0.539. The molecule has 1 aromatic heterocycles. The summed E-state index contributed by atoms with van der Waals surface area (Å²) >= 11 is 1.80. The molecule has 7 heteroatoms. The Morgan fingerprint density at radius 2 is 2.00 bits per heavy atom. The molecular weight excluding hydrogens is 412 g/mol. The van der Waals surface area contributed by atoms with Gasteiger partial charge in [0.05, 0.1) is 48.8 Å². The van der Waals surface area contributed by atoms with Crippen LogP contribution in [0.15, 0.2) is 42.5 Å². The van der Waals surface area contributed by atoms with Crippen molar-refractivity contribution in [3.05, 3.63) is 53.0 Å². The van der Waals surface area contributed by atoms with Crippen LogP contribution in [0, 0.1) is 0 Å². The van der Waals surface area contributed by atoms with Gasteiger partial charge in [-0.15, -0.1) is 11.3 Å². The van der Waals surface area contributed by atoms with E-state index in [-0.39, 0.29) is 0 Å². The summed E-state index contributed by atoms with van der Waals surface area (Å²) in [4.78, 5) is 7.18. The fraction of sp³-hybridized carbons (Fsp3) is 0.458. The third-order valence-corrected chi connectivity index (χ3v) is 6.86. The Morgan fingerprint density at radius 3 is 2.81 bits per heavy atom. The Kier molecular flexibility index (Phi) is 7.40. The van der Waals surface area contributed by atoms with Crippen LogP contribution in [0.5, 0.6) is 11.5 Å². The van der Waals surface area contributed by atoms with E-state index in [2.05, 4.69) is 23.1 Å². The molecule has 1 aliphatic heterocycles. The van der Waals surface area contributed by atoms with Crippen molar-refractivity contribution in [1.82, 2.24) is 9.88 Å². The van der Waals surface area contributed by atoms with E-state index < -0.39 is 6.10 Å². The predicted octanol–water partition coefficient (Wildman–Crippen LogP) is 4.07. The van der Waals surface area contributed by atoms with Crippen molar-refractivity contribution < 1.29 is 19.3 Å². The van der Waals surface area contributed by atoms with Gasteiger partial charge in [-0.1, -0.05) is 18.2 Å². The van der Waals surface area contributed by atoms with Crippen molar-refractivity contribution in [2.45, 2.75) is 31.5 Å². The summed E-state index contributed by atoms with van der Waals surface area (Å²) in [5.41, 5.74) is 2.07. The highest BCUT2D eigenvalue weighted by atomic mass is 32.1. The lowest BCUT2D eigenvalue weighted by molar-refractivity contribution is 0.00567. The normalized spacial score (nSPS) is 18.2. The van der Waals surface area contributed by atoms with E-state index in [1.165, 1.54) is 9.71 Å². The second-order valence-electron chi connectivity index (χ2n) is 7.98. The number of ether oxygens (including phenoxy) is 3. The zero-order chi connectivity index (χ0) is 21.6. The number of hydrogen-bond donors (Lipinski definition) is 1. The number of β-amino-alcohol motifs (C(OH)–C–C–N with tert-alkyl or cyclic N) is 1. The van der Waals surface area contributed by atoms with E-state index in [9.17, 15) is 5.11 Å². The standard InChI is InChI=1S/C24H30N2O4S/c1-28-21-10-9-17(12-22(21)29-2)15-30-16-19(27)14-26-11-5-6-18(13-26)24-25-20-7-3-4-8-23(20)31-24/h3-4,7-10,12,18-19,27H,5-6,11,13-16H2,1-2H3/t18-,19-/m1/s1. The maximum absolute atomic E-state index is 10.5. The summed E-state index contributed by atoms with van der Waals surface area (Å²) in [5.74, 6) is 1.81. The number of likely N-dealkylation sites (tertiary alicyclic amines) is 1. The van der Waals surface area contributed by atoms with Crippen LogP contribution in [-0.2, 0) is 11.3 Å². The molecular formula is C24H30N2O4S. The number of aliphatic hydroxyl groups is 1. The van der Waals surface area contributed by atoms with Crippen molar-refractivity contribution in [3.8, 4) is 11.5 Å². The average Bonchev–Trinajstić information content (AvgIpc) is 3.23. The minimum Gasteiger partial charge on any atom is -0.493 e. The molecule has 1 aliphatic rings. The molecule has 0 amide bonds. The van der Waals surface area contributed by atoms with Gasteiger partial charge >= 0.3 is 0 Å². The summed E-state index contributed by atoms with van der Waals surface area (Å²) < 4.78 is 17.6. The topological polar surface area (TPSA) is 64.0 Å². The van der Waals surface area contributed by atoms with E-state index in [0.717, 1.165) is 37.0 Å². The van der Waals surface area contributed by atoms with Gasteiger partial charge in [-0.3, -0.25) is 4.90 Å². The summed E-state index contributed by atoms with van der Waals surface area (Å²) in [6.07, 6.45) is 1.76. The number of thiazole rings is 1. The van der Waals surface area contributed by atoms with Crippen LogP contribution in [0.25, 0.3) is 10.2 Å². The molecule has 0 aliphatic carbocycles. The van der Waals surface area contributed by atoms with Gasteiger partial charge in [0.1, 0.15) is 0 Å². The molecule has 31 heavy (non-hydrogen) atoms. The molecule has 1 fully saturated rings. The Morgan fingerprint density at radius 1 is 1.16 bits per heavy atom. The van der Waals surface area contributed by atoms with Gasteiger partial charge in [-0.05, 0) is 49.2 Å². The molecule has 0 saturated carbocycles. The smallest absolute Gasteiger partial charge is 0.161 e. The molecule has 6 nitrogen and oxygen atoms in total. The van der Waals surface area contributed by atoms with Crippen molar-refractivity contribution in [3.63, 3.8) is 0 Å². The minimum absolute atomic E-state index is 0.302. The lowest BCUT2D eigenvalue weighted by atomic mass is 9.98. The molecule has 1 saturated heterocycles. The second kappa shape index (κ2) is 10.4. The highest BCUT2D eigenvalue weighted by molar-refractivity contribution is 7.18. The molecule has 1 N–H and O–H groups in total. The molecule has 166 valence electrons. The molecule has 2 aromatic carbocycles. The Labute approximate surface area is 187 Å². The molecule has 2 heterocycles. The predicted molar refractivity (Wildman–Crippen MR) is 123 cm³/mol. The molecule has 4 rings (SSSR count). The average molecular weight is 443 g/mol. The van der Waals surface area contributed by atoms with E-state index in [4.69, 9.17) is 19.2 Å². The lowest BCUT2D eigenvalue weighted by Gasteiger charge is -2.33. The fourth-order valence-electron chi connectivity index (χ4n) is 4.12. The third kappa shape index (κ3) is 5.54. The van der Waals surface area contributed by atoms with Crippen LogP contribution in [0.4, 0.5) is 0 Å². The van der Waals surface area contributed by atoms with E-state index in [1.807, 2.05) is 24.3 Å². The van der Waals surface area contributed by atoms with Crippen molar-refractivity contribution in [2.24, 2.45) is 0 Å². The first-order chi connectivity index (χ1) is 15.2. The number of methoxy groups -OCH3 is 2. The largest absolute Gasteiger partial charge is 0.493 e. The van der Waals surface area contributed by atoms with Crippen LogP contribution < -0.4 is 9.47 Å². The summed E-state index contributed by atoms with van der Waals surface area (Å²) in [6, 6.07) is 14.0. The van der Waals surface area contributed by atoms with Gasteiger partial charge in [0.25, 0.3) is 0 Å². The molecule has 0 bridgehead atoms. The zero-order valence-corrected chi connectivity index (χ0v) is 18.9. The van der Waals surface area contributed by atoms with Gasteiger partial charge < -0.3 is 19.3 Å². The maximum atomic E-state index is 10.5. The molecule has 0 spiro atoms. The molecule has 0 radical (unpaired) electrons. The first-order valence-electron chi connectivity index (χ1n) is 10.7. The van der Waals surface area contributed by atoms with E-state index >= 15 is 0 Å². The van der Waals surface area contributed by atoms with Crippen LogP contribution in [-0.4, -0.2) is 61.6 Å². The Bertz CT molecular complexity index is 960. The number of hydrogen-bond acceptors (Lipinski definition) is 7. The highest BCUT2D eigenvalue weighted by Crippen LogP contribution is 2.33. The number of rotatable bonds is 9. The second-order valence-corrected chi connectivity index (χ2v) is 9.04. The summed E-state index contributed by atoms with van der Waals surface area (Å²) in [5, 5.41) is 11.7. The van der Waals surface area contributed by atoms with Crippen molar-refractivity contribution in [2.75, 3.05) is 40.5 Å². The van der Waals surface area contributed by atoms with Gasteiger partial charge in [-0.2, -0.15) is 0 Å². The Balaban J connectivity index is 1.26. The van der Waals surface area contributed by atoms with Gasteiger partial charge in [0, 0.05) is 19.0 Å². The fourth-order valence-corrected chi connectivity index (χ4v) is 5.21. The van der Waals surface area contributed by atoms with Crippen LogP contribution >= 0.6 is 11.3 Å². The first-order valence-corrected chi connectivity index (χ1v) is 11.5. The molecule has 3 aromatic rings. The van der Waals surface area contributed by atoms with Gasteiger partial charge in [0.2, 0.25) is 0 Å². The molecule has 2 atom stereocenters. The zero-order valence-electron chi connectivity index (χ0n) is 18.1. The number of fused-ring (bicyclic) bond motifs is 1. The summed E-state index contributed by atoms with van der Waals surface area (Å²) in [6.45, 7) is 3.29. The number of aliphatic hydroxyl groups excluding tert-OH is 1. The van der Waals surface area contributed by atoms with E-state index in [0.29, 0.717) is 37.2 Å². The van der Waals surface area contributed by atoms with E-state index in [1.54, 1.807) is 25.6 Å². The first kappa shape index (κ1) is 22.0. The number of nitrogens with zero attached hydrogens (tertiary/aromatic N) is 2. The SMILES string of the molecule is COc1ccc(COC[C@H](O)CN2CCC[C@@H](c3nc4ccccc4s3)C2)cc1OC. The third-order valence-electron chi connectivity index (χ3n) is 5.66. The Hall–Kier alpha value is -2.19. The number of piperidine rings is 1. The minimum atomic E-state index is -0.519. The van der Waals surface area contributed by atoms with Gasteiger partial charge in [-0.25, -0.2) is 4.98 Å². The summed E-state index contributed by atoms with van der Waals surface area (Å²) in [7, 11) is 3.23. The number of aromatic nitrogens is 1. The number of benzene rings is 2. The van der Waals surface area contributed by atoms with Gasteiger partial charge in [0.15, 0.2) is 11.5 Å². The maximum Gasteiger partial charge on any atom is 0.161 e. The van der Waals surface area contributed by atoms with Crippen LogP contribution in [0.2, 0.25) is 0 Å². The number of para-hydroxylation sites is 1. The lowest BCUT2D eigenvalue weighted by Crippen LogP contribution is -2.40. The van der Waals surface area contributed by atoms with Crippen LogP contribution in [0.3, 0.4) is 0 Å². The molecule has 0 unspecified atom stereocenters. The highest BCUT2D eigenvalue weighted by Gasteiger charge is 2.25. The van der Waals surface area contributed by atoms with Crippen LogP contribution in [0.1, 0.15) is 29.3 Å². The van der Waals surface area contributed by atoms with Crippen molar-refractivity contribution >= 4 is 21.6 Å². The monoisotopic (exact) mass is 442 g/mol.